The molecule has 0 aliphatic carbocycles. The van der Waals surface area contributed by atoms with Crippen molar-refractivity contribution in [2.75, 3.05) is 18.5 Å². The van der Waals surface area contributed by atoms with Crippen molar-refractivity contribution in [2.24, 2.45) is 11.8 Å². The Kier molecular flexibility index (Phi) is 5.58. The molecule has 0 spiro atoms. The number of ether oxygens (including phenoxy) is 2. The molecule has 1 aromatic rings. The van der Waals surface area contributed by atoms with Crippen molar-refractivity contribution >= 4 is 23.5 Å². The molecule has 0 aromatic heterocycles. The first-order valence-corrected chi connectivity index (χ1v) is 8.02. The quantitative estimate of drug-likeness (QED) is 0.761. The van der Waals surface area contributed by atoms with Gasteiger partial charge in [-0.15, -0.1) is 0 Å². The number of esters is 2. The van der Waals surface area contributed by atoms with E-state index in [0.717, 1.165) is 0 Å². The van der Waals surface area contributed by atoms with Gasteiger partial charge in [0.25, 0.3) is 0 Å². The molecule has 0 fully saturated rings. The van der Waals surface area contributed by atoms with Crippen LogP contribution in [0.1, 0.15) is 19.4 Å². The van der Waals surface area contributed by atoms with Gasteiger partial charge in [-0.3, -0.25) is 14.4 Å². The second-order valence-electron chi connectivity index (χ2n) is 5.50. The van der Waals surface area contributed by atoms with Gasteiger partial charge in [0.05, 0.1) is 25.4 Å². The molecule has 134 valence electrons. The number of fused-ring (bicyclic) bond motifs is 1. The molecule has 2 rings (SSSR count). The van der Waals surface area contributed by atoms with E-state index in [1.807, 2.05) is 0 Å². The Morgan fingerprint density at radius 3 is 2.04 bits per heavy atom. The van der Waals surface area contributed by atoms with Crippen LogP contribution in [0.4, 0.5) is 5.69 Å². The van der Waals surface area contributed by atoms with Crippen molar-refractivity contribution < 1.29 is 23.9 Å². The lowest BCUT2D eigenvalue weighted by Crippen LogP contribution is -2.53. The lowest BCUT2D eigenvalue weighted by atomic mass is 9.63. The summed E-state index contributed by atoms with van der Waals surface area (Å²) in [5.74, 6) is -6.14. The van der Waals surface area contributed by atoms with E-state index in [2.05, 4.69) is 5.32 Å². The highest BCUT2D eigenvalue weighted by molar-refractivity contribution is 6.12. The monoisotopic (exact) mass is 355 g/mol. The number of carbonyl (C=O) groups excluding carboxylic acids is 3. The van der Waals surface area contributed by atoms with Crippen LogP contribution < -0.4 is 5.32 Å². The summed E-state index contributed by atoms with van der Waals surface area (Å²) in [4.78, 5) is 37.8. The van der Waals surface area contributed by atoms with E-state index in [4.69, 9.17) is 9.47 Å². The van der Waals surface area contributed by atoms with Crippen molar-refractivity contribution in [3.63, 3.8) is 0 Å². The van der Waals surface area contributed by atoms with E-state index in [1.165, 1.54) is 6.07 Å². The molecule has 1 amide bonds. The Balaban J connectivity index is 2.77. The SMILES string of the molecule is CCOC(=O)[C@@H](C#N)C1([C@@H](C#N)C(=O)OCC)C(=O)Nc2ccccc21. The van der Waals surface area contributed by atoms with Crippen molar-refractivity contribution in [2.45, 2.75) is 19.3 Å². The van der Waals surface area contributed by atoms with Crippen LogP contribution in [0.5, 0.6) is 0 Å². The Morgan fingerprint density at radius 2 is 1.58 bits per heavy atom. The number of benzene rings is 1. The van der Waals surface area contributed by atoms with Crippen molar-refractivity contribution in [1.82, 2.24) is 0 Å². The normalized spacial score (nSPS) is 19.9. The van der Waals surface area contributed by atoms with Gasteiger partial charge in [0.1, 0.15) is 5.41 Å². The molecule has 0 radical (unpaired) electrons. The smallest absolute Gasteiger partial charge is 0.324 e. The van der Waals surface area contributed by atoms with E-state index in [-0.39, 0.29) is 18.8 Å². The fraction of sp³-hybridized carbons (Fsp3) is 0.389. The van der Waals surface area contributed by atoms with Crippen molar-refractivity contribution in [1.29, 1.82) is 10.5 Å². The van der Waals surface area contributed by atoms with Gasteiger partial charge >= 0.3 is 11.9 Å². The van der Waals surface area contributed by atoms with Crippen LogP contribution in [0.25, 0.3) is 0 Å². The third-order valence-corrected chi connectivity index (χ3v) is 4.21. The van der Waals surface area contributed by atoms with E-state index < -0.39 is 35.1 Å². The van der Waals surface area contributed by atoms with Crippen molar-refractivity contribution in [3.05, 3.63) is 29.8 Å². The predicted octanol–water partition coefficient (Wildman–Crippen LogP) is 1.28. The maximum absolute atomic E-state index is 12.9. The summed E-state index contributed by atoms with van der Waals surface area (Å²) in [5, 5.41) is 21.9. The third-order valence-electron chi connectivity index (χ3n) is 4.21. The summed E-state index contributed by atoms with van der Waals surface area (Å²) in [6, 6.07) is 9.82. The highest BCUT2D eigenvalue weighted by Gasteiger charge is 2.63. The molecule has 1 N–H and O–H groups in total. The molecule has 8 heteroatoms. The number of amides is 1. The van der Waals surface area contributed by atoms with Gasteiger partial charge in [0.2, 0.25) is 5.91 Å². The molecule has 1 aromatic carbocycles. The van der Waals surface area contributed by atoms with Gasteiger partial charge in [0, 0.05) is 5.69 Å². The van der Waals surface area contributed by atoms with Crippen LogP contribution in [0.3, 0.4) is 0 Å². The summed E-state index contributed by atoms with van der Waals surface area (Å²) in [6.45, 7) is 3.06. The number of nitrogens with zero attached hydrogens (tertiary/aromatic N) is 2. The van der Waals surface area contributed by atoms with Gasteiger partial charge < -0.3 is 14.8 Å². The average molecular weight is 355 g/mol. The van der Waals surface area contributed by atoms with Gasteiger partial charge in [-0.25, -0.2) is 0 Å². The minimum Gasteiger partial charge on any atom is -0.465 e. The zero-order valence-corrected chi connectivity index (χ0v) is 14.3. The number of anilines is 1. The first kappa shape index (κ1) is 18.9. The fourth-order valence-corrected chi connectivity index (χ4v) is 3.17. The average Bonchev–Trinajstić information content (AvgIpc) is 2.90. The van der Waals surface area contributed by atoms with Crippen LogP contribution in [0.15, 0.2) is 24.3 Å². The number of rotatable bonds is 6. The Bertz CT molecular complexity index is 785. The minimum atomic E-state index is -2.06. The number of nitriles is 2. The highest BCUT2D eigenvalue weighted by Crippen LogP contribution is 2.48. The molecular formula is C18H17N3O5. The summed E-state index contributed by atoms with van der Waals surface area (Å²) >= 11 is 0. The first-order valence-electron chi connectivity index (χ1n) is 8.02. The van der Waals surface area contributed by atoms with Crippen LogP contribution in [-0.4, -0.2) is 31.1 Å². The summed E-state index contributed by atoms with van der Waals surface area (Å²) < 4.78 is 9.85. The van der Waals surface area contributed by atoms with Gasteiger partial charge in [-0.1, -0.05) is 18.2 Å². The Morgan fingerprint density at radius 1 is 1.08 bits per heavy atom. The zero-order chi connectivity index (χ0) is 19.3. The van der Waals surface area contributed by atoms with Gasteiger partial charge in [0.15, 0.2) is 11.8 Å². The number of hydrogen-bond acceptors (Lipinski definition) is 7. The molecule has 0 saturated carbocycles. The molecule has 1 aliphatic heterocycles. The summed E-state index contributed by atoms with van der Waals surface area (Å²) in [7, 11) is 0. The van der Waals surface area contributed by atoms with Crippen LogP contribution in [-0.2, 0) is 29.3 Å². The molecular weight excluding hydrogens is 338 g/mol. The first-order chi connectivity index (χ1) is 12.5. The van der Waals surface area contributed by atoms with Crippen LogP contribution in [0.2, 0.25) is 0 Å². The standard InChI is InChI=1S/C18H17N3O5/c1-3-25-15(22)12(9-19)18(13(10-20)16(23)26-4-2)11-7-5-6-8-14(11)21-17(18)24/h5-8,12-13H,3-4H2,1-2H3,(H,21,24)/t12-,13+,18?. The Labute approximate surface area is 150 Å². The summed E-state index contributed by atoms with van der Waals surface area (Å²) in [6.07, 6.45) is 0. The zero-order valence-electron chi connectivity index (χ0n) is 14.3. The molecule has 0 bridgehead atoms. The molecule has 1 unspecified atom stereocenters. The van der Waals surface area contributed by atoms with Gasteiger partial charge in [-0.2, -0.15) is 10.5 Å². The second kappa shape index (κ2) is 7.66. The maximum atomic E-state index is 12.9. The number of hydrogen-bond donors (Lipinski definition) is 1. The lowest BCUT2D eigenvalue weighted by molar-refractivity contribution is -0.156. The van der Waals surface area contributed by atoms with E-state index in [1.54, 1.807) is 44.2 Å². The molecule has 3 atom stereocenters. The number of carbonyl (C=O) groups is 3. The van der Waals surface area contributed by atoms with Gasteiger partial charge in [-0.05, 0) is 25.5 Å². The third kappa shape index (κ3) is 2.76. The second-order valence-corrected chi connectivity index (χ2v) is 5.50. The van der Waals surface area contributed by atoms with Crippen LogP contribution in [0, 0.1) is 34.5 Å². The molecule has 8 nitrogen and oxygen atoms in total. The minimum absolute atomic E-state index is 0.0208. The van der Waals surface area contributed by atoms with E-state index in [0.29, 0.717) is 5.69 Å². The molecule has 26 heavy (non-hydrogen) atoms. The Hall–Kier alpha value is -3.39. The topological polar surface area (TPSA) is 129 Å². The molecule has 1 heterocycles. The molecule has 0 saturated heterocycles. The predicted molar refractivity (Wildman–Crippen MR) is 88.2 cm³/mol. The number of para-hydroxylation sites is 1. The van der Waals surface area contributed by atoms with E-state index in [9.17, 15) is 24.9 Å². The van der Waals surface area contributed by atoms with Crippen LogP contribution >= 0.6 is 0 Å². The largest absolute Gasteiger partial charge is 0.465 e. The lowest BCUT2D eigenvalue weighted by Gasteiger charge is -2.33. The van der Waals surface area contributed by atoms with Crippen molar-refractivity contribution in [3.8, 4) is 12.1 Å². The highest BCUT2D eigenvalue weighted by atomic mass is 16.5. The molecule has 1 aliphatic rings. The number of nitrogens with one attached hydrogen (secondary N) is 1. The van der Waals surface area contributed by atoms with E-state index >= 15 is 0 Å². The maximum Gasteiger partial charge on any atom is 0.324 e. The fourth-order valence-electron chi connectivity index (χ4n) is 3.17. The summed E-state index contributed by atoms with van der Waals surface area (Å²) in [5.41, 5.74) is -1.52.